The molecule has 1 fully saturated rings. The van der Waals surface area contributed by atoms with Crippen LogP contribution in [0.25, 0.3) is 22.0 Å². The molecule has 5 nitrogen and oxygen atoms in total. The zero-order chi connectivity index (χ0) is 18.3. The molecule has 1 aliphatic rings. The first-order valence-electron chi connectivity index (χ1n) is 9.08. The number of nitrogens with zero attached hydrogens (tertiary/aromatic N) is 3. The third-order valence-corrected chi connectivity index (χ3v) is 5.32. The Balaban J connectivity index is 1.68. The number of H-pyrrole nitrogens is 1. The van der Waals surface area contributed by atoms with Crippen molar-refractivity contribution in [1.82, 2.24) is 20.1 Å². The van der Waals surface area contributed by atoms with Crippen molar-refractivity contribution < 1.29 is 4.39 Å². The monoisotopic (exact) mass is 353 g/mol. The van der Waals surface area contributed by atoms with Gasteiger partial charge in [0.2, 0.25) is 0 Å². The predicted molar refractivity (Wildman–Crippen MR) is 103 cm³/mol. The first-order chi connectivity index (χ1) is 12.5. The summed E-state index contributed by atoms with van der Waals surface area (Å²) in [5, 5.41) is 12.2. The van der Waals surface area contributed by atoms with Gasteiger partial charge in [-0.05, 0) is 76.2 Å². The number of piperidine rings is 1. The Morgan fingerprint density at radius 2 is 1.96 bits per heavy atom. The Morgan fingerprint density at radius 3 is 2.73 bits per heavy atom. The molecule has 0 spiro atoms. The van der Waals surface area contributed by atoms with Gasteiger partial charge in [-0.25, -0.2) is 4.39 Å². The van der Waals surface area contributed by atoms with Crippen LogP contribution in [0.3, 0.4) is 0 Å². The van der Waals surface area contributed by atoms with Gasteiger partial charge in [0.25, 0.3) is 0 Å². The zero-order valence-electron chi connectivity index (χ0n) is 15.4. The van der Waals surface area contributed by atoms with Crippen LogP contribution in [-0.4, -0.2) is 46.3 Å². The molecule has 0 unspecified atom stereocenters. The van der Waals surface area contributed by atoms with E-state index in [0.717, 1.165) is 53.8 Å². The maximum Gasteiger partial charge on any atom is 0.155 e. The Labute approximate surface area is 152 Å². The number of likely N-dealkylation sites (tertiary alicyclic amines) is 1. The van der Waals surface area contributed by atoms with Crippen LogP contribution in [0.5, 0.6) is 0 Å². The minimum atomic E-state index is -0.265. The number of aryl methyl sites for hydroxylation is 2. The van der Waals surface area contributed by atoms with Gasteiger partial charge in [-0.2, -0.15) is 5.10 Å². The van der Waals surface area contributed by atoms with Crippen LogP contribution >= 0.6 is 0 Å². The predicted octanol–water partition coefficient (Wildman–Crippen LogP) is 3.89. The van der Waals surface area contributed by atoms with Crippen molar-refractivity contribution >= 4 is 16.7 Å². The summed E-state index contributed by atoms with van der Waals surface area (Å²) in [6, 6.07) is 6.23. The molecule has 0 bridgehead atoms. The summed E-state index contributed by atoms with van der Waals surface area (Å²) >= 11 is 0. The largest absolute Gasteiger partial charge is 0.365 e. The van der Waals surface area contributed by atoms with Gasteiger partial charge in [0.1, 0.15) is 0 Å². The van der Waals surface area contributed by atoms with E-state index in [1.54, 1.807) is 19.2 Å². The molecule has 0 radical (unpaired) electrons. The molecule has 3 aromatic rings. The first-order valence-corrected chi connectivity index (χ1v) is 9.08. The van der Waals surface area contributed by atoms with Gasteiger partial charge in [-0.1, -0.05) is 0 Å². The van der Waals surface area contributed by atoms with E-state index in [2.05, 4.69) is 38.5 Å². The molecule has 1 aliphatic heterocycles. The molecule has 3 heterocycles. The number of halogens is 1. The van der Waals surface area contributed by atoms with Crippen LogP contribution < -0.4 is 5.32 Å². The molecule has 0 amide bonds. The number of fused-ring (bicyclic) bond motifs is 1. The van der Waals surface area contributed by atoms with Crippen LogP contribution in [0.15, 0.2) is 24.4 Å². The second-order valence-electron chi connectivity index (χ2n) is 7.26. The number of benzene rings is 1. The fourth-order valence-corrected chi connectivity index (χ4v) is 3.68. The maximum absolute atomic E-state index is 14.5. The molecule has 26 heavy (non-hydrogen) atoms. The summed E-state index contributed by atoms with van der Waals surface area (Å²) in [6.07, 6.45) is 3.88. The van der Waals surface area contributed by atoms with E-state index in [0.29, 0.717) is 17.3 Å². The molecule has 4 rings (SSSR count). The molecule has 0 atom stereocenters. The van der Waals surface area contributed by atoms with Crippen molar-refractivity contribution in [1.29, 1.82) is 0 Å². The number of aromatic nitrogens is 3. The molecular weight excluding hydrogens is 329 g/mol. The number of pyridine rings is 1. The SMILES string of the molecule is Cc1cc2c(NC3CCN(C)CC3)n[nH]c2cc1-c1ccnc(C)c1F. The summed E-state index contributed by atoms with van der Waals surface area (Å²) in [5.41, 5.74) is 3.80. The molecule has 6 heteroatoms. The van der Waals surface area contributed by atoms with Gasteiger partial charge in [0, 0.05) is 23.2 Å². The Morgan fingerprint density at radius 1 is 1.19 bits per heavy atom. The van der Waals surface area contributed by atoms with Crippen molar-refractivity contribution in [2.75, 3.05) is 25.5 Å². The number of rotatable bonds is 3. The smallest absolute Gasteiger partial charge is 0.155 e. The summed E-state index contributed by atoms with van der Waals surface area (Å²) < 4.78 is 14.5. The van der Waals surface area contributed by atoms with Crippen LogP contribution in [0.2, 0.25) is 0 Å². The molecule has 2 N–H and O–H groups in total. The molecule has 0 aliphatic carbocycles. The Bertz CT molecular complexity index is 941. The first kappa shape index (κ1) is 17.0. The molecule has 1 aromatic carbocycles. The topological polar surface area (TPSA) is 56.8 Å². The quantitative estimate of drug-likeness (QED) is 0.750. The van der Waals surface area contributed by atoms with Crippen molar-refractivity contribution in [2.24, 2.45) is 0 Å². The van der Waals surface area contributed by atoms with E-state index in [1.165, 1.54) is 0 Å². The highest BCUT2D eigenvalue weighted by molar-refractivity contribution is 5.94. The van der Waals surface area contributed by atoms with Gasteiger partial charge < -0.3 is 10.2 Å². The molecule has 136 valence electrons. The lowest BCUT2D eigenvalue weighted by Gasteiger charge is -2.29. The standard InChI is InChI=1S/C20H24FN5/c1-12-10-17-18(11-16(12)15-4-7-22-13(2)19(15)21)24-25-20(17)23-14-5-8-26(3)9-6-14/h4,7,10-11,14H,5-6,8-9H2,1-3H3,(H2,23,24,25). The van der Waals surface area contributed by atoms with Crippen LogP contribution in [0, 0.1) is 19.7 Å². The summed E-state index contributed by atoms with van der Waals surface area (Å²) in [4.78, 5) is 6.37. The highest BCUT2D eigenvalue weighted by Crippen LogP contribution is 2.32. The second-order valence-corrected chi connectivity index (χ2v) is 7.26. The third kappa shape index (κ3) is 3.05. The van der Waals surface area contributed by atoms with E-state index in [9.17, 15) is 4.39 Å². The lowest BCUT2D eigenvalue weighted by Crippen LogP contribution is -2.36. The average Bonchev–Trinajstić information content (AvgIpc) is 3.00. The van der Waals surface area contributed by atoms with Gasteiger partial charge in [0.05, 0.1) is 11.2 Å². The Hall–Kier alpha value is -2.47. The third-order valence-electron chi connectivity index (χ3n) is 5.32. The second kappa shape index (κ2) is 6.68. The number of hydrogen-bond acceptors (Lipinski definition) is 4. The number of nitrogens with one attached hydrogen (secondary N) is 2. The highest BCUT2D eigenvalue weighted by atomic mass is 19.1. The van der Waals surface area contributed by atoms with E-state index < -0.39 is 0 Å². The molecule has 2 aromatic heterocycles. The minimum Gasteiger partial charge on any atom is -0.365 e. The van der Waals surface area contributed by atoms with Crippen molar-refractivity contribution in [3.05, 3.63) is 41.5 Å². The molecule has 0 saturated carbocycles. The Kier molecular flexibility index (Phi) is 4.36. The highest BCUT2D eigenvalue weighted by Gasteiger charge is 2.19. The maximum atomic E-state index is 14.5. The number of anilines is 1. The van der Waals surface area contributed by atoms with Crippen LogP contribution in [0.4, 0.5) is 10.2 Å². The van der Waals surface area contributed by atoms with Crippen molar-refractivity contribution in [3.8, 4) is 11.1 Å². The summed E-state index contributed by atoms with van der Waals surface area (Å²) in [7, 11) is 2.16. The lowest BCUT2D eigenvalue weighted by molar-refractivity contribution is 0.263. The van der Waals surface area contributed by atoms with Gasteiger partial charge in [0.15, 0.2) is 11.6 Å². The summed E-state index contributed by atoms with van der Waals surface area (Å²) in [6.45, 7) is 5.90. The fourth-order valence-electron chi connectivity index (χ4n) is 3.68. The van der Waals surface area contributed by atoms with Crippen molar-refractivity contribution in [3.63, 3.8) is 0 Å². The van der Waals surface area contributed by atoms with Crippen LogP contribution in [-0.2, 0) is 0 Å². The zero-order valence-corrected chi connectivity index (χ0v) is 15.4. The van der Waals surface area contributed by atoms with Crippen LogP contribution in [0.1, 0.15) is 24.1 Å². The average molecular weight is 353 g/mol. The van der Waals surface area contributed by atoms with Gasteiger partial charge in [-0.3, -0.25) is 10.1 Å². The fraction of sp³-hybridized carbons (Fsp3) is 0.400. The lowest BCUT2D eigenvalue weighted by atomic mass is 9.98. The molecular formula is C20H24FN5. The van der Waals surface area contributed by atoms with E-state index in [1.807, 2.05) is 13.0 Å². The normalized spacial score (nSPS) is 16.3. The molecule has 1 saturated heterocycles. The number of hydrogen-bond donors (Lipinski definition) is 2. The van der Waals surface area contributed by atoms with Gasteiger partial charge in [-0.15, -0.1) is 0 Å². The summed E-state index contributed by atoms with van der Waals surface area (Å²) in [5.74, 6) is 0.620. The van der Waals surface area contributed by atoms with E-state index >= 15 is 0 Å². The minimum absolute atomic E-state index is 0.265. The van der Waals surface area contributed by atoms with E-state index in [4.69, 9.17) is 0 Å². The van der Waals surface area contributed by atoms with Crippen molar-refractivity contribution in [2.45, 2.75) is 32.7 Å². The van der Waals surface area contributed by atoms with E-state index in [-0.39, 0.29) is 5.82 Å². The number of aromatic amines is 1. The van der Waals surface area contributed by atoms with Gasteiger partial charge >= 0.3 is 0 Å².